The second-order valence-electron chi connectivity index (χ2n) is 8.40. The van der Waals surface area contributed by atoms with Gasteiger partial charge in [-0.1, -0.05) is 23.7 Å². The van der Waals surface area contributed by atoms with Crippen LogP contribution >= 0.6 is 11.6 Å². The third-order valence-corrected chi connectivity index (χ3v) is 6.96. The molecule has 0 spiro atoms. The summed E-state index contributed by atoms with van der Waals surface area (Å²) >= 11 is 6.56. The van der Waals surface area contributed by atoms with E-state index in [1.165, 1.54) is 18.9 Å². The Morgan fingerprint density at radius 1 is 1.10 bits per heavy atom. The Balaban J connectivity index is 1.45. The van der Waals surface area contributed by atoms with Gasteiger partial charge in [-0.2, -0.15) is 0 Å². The molecule has 3 aliphatic heterocycles. The van der Waals surface area contributed by atoms with Gasteiger partial charge >= 0.3 is 0 Å². The number of carbonyl (C=O) groups is 1. The molecule has 5 rings (SSSR count). The van der Waals surface area contributed by atoms with Crippen LogP contribution in [0, 0.1) is 17.7 Å². The maximum absolute atomic E-state index is 13.9. The zero-order valence-corrected chi connectivity index (χ0v) is 17.0. The molecule has 3 aliphatic rings. The largest absolute Gasteiger partial charge is 0.370 e. The predicted octanol–water partition coefficient (Wildman–Crippen LogP) is 4.11. The number of halogens is 2. The zero-order valence-electron chi connectivity index (χ0n) is 16.3. The summed E-state index contributed by atoms with van der Waals surface area (Å²) in [7, 11) is 0. The highest BCUT2D eigenvalue weighted by molar-refractivity contribution is 6.33. The average molecular weight is 414 g/mol. The molecule has 0 aliphatic carbocycles. The van der Waals surface area contributed by atoms with E-state index in [1.54, 1.807) is 18.2 Å². The number of benzene rings is 2. The van der Waals surface area contributed by atoms with Gasteiger partial charge in [-0.15, -0.1) is 0 Å². The van der Waals surface area contributed by atoms with Crippen LogP contribution in [-0.2, 0) is 0 Å². The van der Waals surface area contributed by atoms with Gasteiger partial charge in [-0.3, -0.25) is 4.79 Å². The van der Waals surface area contributed by atoms with E-state index in [0.717, 1.165) is 37.4 Å². The van der Waals surface area contributed by atoms with E-state index in [-0.39, 0.29) is 17.8 Å². The standard InChI is InChI=1S/C23H25ClFN3O/c24-20-11-16(6-7-21(20)27-8-1-2-9-27)23(29)28-14-17-12-26-13-19(17)22(28)15-4-3-5-18(25)10-15/h3-7,10-11,17,19,22,26H,1-2,8-9,12-14H2/t17-,19-,22+/m0/s1. The first-order valence-corrected chi connectivity index (χ1v) is 10.8. The lowest BCUT2D eigenvalue weighted by atomic mass is 9.89. The Kier molecular flexibility index (Phi) is 4.96. The Labute approximate surface area is 175 Å². The van der Waals surface area contributed by atoms with Crippen LogP contribution in [0.1, 0.15) is 34.8 Å². The molecule has 3 heterocycles. The molecular weight excluding hydrogens is 389 g/mol. The summed E-state index contributed by atoms with van der Waals surface area (Å²) in [6.45, 7) is 4.46. The molecule has 1 N–H and O–H groups in total. The highest BCUT2D eigenvalue weighted by atomic mass is 35.5. The van der Waals surface area contributed by atoms with Crippen molar-refractivity contribution >= 4 is 23.2 Å². The van der Waals surface area contributed by atoms with Crippen LogP contribution in [-0.4, -0.2) is 43.5 Å². The molecule has 3 fully saturated rings. The van der Waals surface area contributed by atoms with Crippen molar-refractivity contribution in [2.45, 2.75) is 18.9 Å². The van der Waals surface area contributed by atoms with E-state index in [0.29, 0.717) is 29.0 Å². The van der Waals surface area contributed by atoms with E-state index in [1.807, 2.05) is 23.1 Å². The van der Waals surface area contributed by atoms with E-state index < -0.39 is 0 Å². The van der Waals surface area contributed by atoms with Gasteiger partial charge in [0.05, 0.1) is 16.8 Å². The minimum absolute atomic E-state index is 0.0245. The van der Waals surface area contributed by atoms with Crippen LogP contribution in [0.15, 0.2) is 42.5 Å². The quantitative estimate of drug-likeness (QED) is 0.822. The lowest BCUT2D eigenvalue weighted by molar-refractivity contribution is 0.0714. The van der Waals surface area contributed by atoms with Crippen LogP contribution in [0.2, 0.25) is 5.02 Å². The van der Waals surface area contributed by atoms with Crippen molar-refractivity contribution in [1.82, 2.24) is 10.2 Å². The third kappa shape index (κ3) is 3.40. The molecule has 0 aromatic heterocycles. The highest BCUT2D eigenvalue weighted by Crippen LogP contribution is 2.43. The van der Waals surface area contributed by atoms with Gasteiger partial charge < -0.3 is 15.1 Å². The van der Waals surface area contributed by atoms with Gasteiger partial charge in [0.1, 0.15) is 5.82 Å². The van der Waals surface area contributed by atoms with Crippen molar-refractivity contribution in [1.29, 1.82) is 0 Å². The third-order valence-electron chi connectivity index (χ3n) is 6.66. The molecule has 3 saturated heterocycles. The van der Waals surface area contributed by atoms with Crippen molar-refractivity contribution in [3.8, 4) is 0 Å². The molecule has 3 atom stereocenters. The van der Waals surface area contributed by atoms with E-state index in [2.05, 4.69) is 10.2 Å². The number of rotatable bonds is 3. The summed E-state index contributed by atoms with van der Waals surface area (Å²) < 4.78 is 13.9. The fourth-order valence-electron chi connectivity index (χ4n) is 5.27. The van der Waals surface area contributed by atoms with E-state index in [4.69, 9.17) is 11.6 Å². The van der Waals surface area contributed by atoms with Crippen molar-refractivity contribution < 1.29 is 9.18 Å². The molecule has 2 aromatic rings. The molecule has 0 unspecified atom stereocenters. The number of hydrogen-bond acceptors (Lipinski definition) is 3. The number of amides is 1. The number of hydrogen-bond donors (Lipinski definition) is 1. The molecule has 1 amide bonds. The van der Waals surface area contributed by atoms with E-state index in [9.17, 15) is 9.18 Å². The Hall–Kier alpha value is -2.11. The summed E-state index contributed by atoms with van der Waals surface area (Å²) in [5, 5.41) is 4.05. The molecule has 6 heteroatoms. The molecule has 0 radical (unpaired) electrons. The number of nitrogens with one attached hydrogen (secondary N) is 1. The van der Waals surface area contributed by atoms with Crippen molar-refractivity contribution in [2.24, 2.45) is 11.8 Å². The topological polar surface area (TPSA) is 35.6 Å². The Morgan fingerprint density at radius 3 is 2.69 bits per heavy atom. The SMILES string of the molecule is O=C(c1ccc(N2CCCC2)c(Cl)c1)N1C[C@@H]2CNC[C@@H]2[C@H]1c1cccc(F)c1. The molecule has 29 heavy (non-hydrogen) atoms. The van der Waals surface area contributed by atoms with Crippen molar-refractivity contribution in [2.75, 3.05) is 37.6 Å². The summed E-state index contributed by atoms with van der Waals surface area (Å²) in [6.07, 6.45) is 2.35. The fourth-order valence-corrected chi connectivity index (χ4v) is 5.57. The number of likely N-dealkylation sites (tertiary alicyclic amines) is 1. The number of nitrogens with zero attached hydrogens (tertiary/aromatic N) is 2. The summed E-state index contributed by atoms with van der Waals surface area (Å²) in [5.41, 5.74) is 2.48. The normalized spacial score (nSPS) is 26.2. The van der Waals surface area contributed by atoms with Gasteiger partial charge in [0.2, 0.25) is 0 Å². The van der Waals surface area contributed by atoms with Crippen LogP contribution in [0.25, 0.3) is 0 Å². The monoisotopic (exact) mass is 413 g/mol. The van der Waals surface area contributed by atoms with Crippen LogP contribution in [0.4, 0.5) is 10.1 Å². The second kappa shape index (κ2) is 7.62. The lowest BCUT2D eigenvalue weighted by Crippen LogP contribution is -2.34. The maximum Gasteiger partial charge on any atom is 0.254 e. The first-order chi connectivity index (χ1) is 14.1. The Morgan fingerprint density at radius 2 is 1.93 bits per heavy atom. The highest BCUT2D eigenvalue weighted by Gasteiger charge is 2.47. The number of carbonyl (C=O) groups excluding carboxylic acids is 1. The summed E-state index contributed by atoms with van der Waals surface area (Å²) in [5.74, 6) is 0.414. The predicted molar refractivity (Wildman–Crippen MR) is 113 cm³/mol. The lowest BCUT2D eigenvalue weighted by Gasteiger charge is -2.29. The van der Waals surface area contributed by atoms with E-state index >= 15 is 0 Å². The summed E-state index contributed by atoms with van der Waals surface area (Å²) in [6, 6.07) is 12.2. The average Bonchev–Trinajstić information content (AvgIpc) is 3.44. The molecular formula is C23H25ClFN3O. The first kappa shape index (κ1) is 18.9. The van der Waals surface area contributed by atoms with Crippen molar-refractivity contribution in [3.63, 3.8) is 0 Å². The first-order valence-electron chi connectivity index (χ1n) is 10.4. The van der Waals surface area contributed by atoms with Crippen molar-refractivity contribution in [3.05, 3.63) is 64.4 Å². The van der Waals surface area contributed by atoms with Crippen LogP contribution < -0.4 is 10.2 Å². The fraction of sp³-hybridized carbons (Fsp3) is 0.435. The van der Waals surface area contributed by atoms with Gasteiger partial charge in [0.25, 0.3) is 5.91 Å². The molecule has 152 valence electrons. The molecule has 0 bridgehead atoms. The van der Waals surface area contributed by atoms with Crippen LogP contribution in [0.3, 0.4) is 0 Å². The Bertz CT molecular complexity index is 930. The minimum atomic E-state index is -0.262. The minimum Gasteiger partial charge on any atom is -0.370 e. The number of anilines is 1. The number of fused-ring (bicyclic) bond motifs is 1. The summed E-state index contributed by atoms with van der Waals surface area (Å²) in [4.78, 5) is 17.7. The molecule has 4 nitrogen and oxygen atoms in total. The van der Waals surface area contributed by atoms with Gasteiger partial charge in [0.15, 0.2) is 0 Å². The molecule has 0 saturated carbocycles. The maximum atomic E-state index is 13.9. The smallest absolute Gasteiger partial charge is 0.254 e. The van der Waals surface area contributed by atoms with Gasteiger partial charge in [-0.05, 0) is 54.7 Å². The second-order valence-corrected chi connectivity index (χ2v) is 8.81. The van der Waals surface area contributed by atoms with Crippen LogP contribution in [0.5, 0.6) is 0 Å². The van der Waals surface area contributed by atoms with Gasteiger partial charge in [-0.25, -0.2) is 4.39 Å². The molecule has 2 aromatic carbocycles. The van der Waals surface area contributed by atoms with Gasteiger partial charge in [0, 0.05) is 44.2 Å². The zero-order chi connectivity index (χ0) is 20.0.